The smallest absolute Gasteiger partial charge is 0.407 e. The molecule has 3 fully saturated rings. The lowest BCUT2D eigenvalue weighted by atomic mass is 9.85. The van der Waals surface area contributed by atoms with Crippen LogP contribution in [0.25, 0.3) is 11.1 Å². The van der Waals surface area contributed by atoms with Crippen molar-refractivity contribution in [1.29, 1.82) is 0 Å². The highest BCUT2D eigenvalue weighted by Gasteiger charge is 2.42. The number of rotatable bonds is 4. The normalized spacial score (nSPS) is 27.9. The first kappa shape index (κ1) is 21.4. The van der Waals surface area contributed by atoms with Gasteiger partial charge in [0.2, 0.25) is 0 Å². The fourth-order valence-electron chi connectivity index (χ4n) is 5.69. The van der Waals surface area contributed by atoms with Gasteiger partial charge in [-0.2, -0.15) is 0 Å². The van der Waals surface area contributed by atoms with Crippen LogP contribution in [0.4, 0.5) is 13.6 Å². The molecule has 0 spiro atoms. The number of nitrogens with one attached hydrogen (secondary N) is 1. The van der Waals surface area contributed by atoms with Gasteiger partial charge in [-0.25, -0.2) is 13.6 Å². The van der Waals surface area contributed by atoms with E-state index in [0.29, 0.717) is 5.92 Å². The van der Waals surface area contributed by atoms with E-state index in [4.69, 9.17) is 4.74 Å². The van der Waals surface area contributed by atoms with Gasteiger partial charge in [-0.05, 0) is 72.0 Å². The number of ether oxygens (including phenoxy) is 1. The highest BCUT2D eigenvalue weighted by Crippen LogP contribution is 2.46. The topological polar surface area (TPSA) is 41.6 Å². The Morgan fingerprint density at radius 2 is 1.88 bits per heavy atom. The van der Waals surface area contributed by atoms with Gasteiger partial charge in [0.25, 0.3) is 6.43 Å². The maximum atomic E-state index is 13.1. The number of alkyl carbamates (subject to hydrolysis) is 1. The van der Waals surface area contributed by atoms with Crippen LogP contribution < -0.4 is 5.32 Å². The van der Waals surface area contributed by atoms with E-state index >= 15 is 0 Å². The van der Waals surface area contributed by atoms with Crippen molar-refractivity contribution in [1.82, 2.24) is 10.2 Å². The Labute approximate surface area is 187 Å². The molecule has 0 aromatic heterocycles. The second kappa shape index (κ2) is 8.14. The molecule has 32 heavy (non-hydrogen) atoms. The SMILES string of the molecule is CC1(C)Cc2cc(-c3cccc(C(F)F)c3)ccc2C1NC(=O)O[C@@H]1CN2CCC1CC2. The molecule has 3 aliphatic heterocycles. The van der Waals surface area contributed by atoms with Gasteiger partial charge in [-0.1, -0.05) is 50.2 Å². The molecule has 2 bridgehead atoms. The van der Waals surface area contributed by atoms with Crippen molar-refractivity contribution in [2.24, 2.45) is 11.3 Å². The van der Waals surface area contributed by atoms with Crippen molar-refractivity contribution in [3.8, 4) is 11.1 Å². The van der Waals surface area contributed by atoms with Crippen molar-refractivity contribution in [3.05, 3.63) is 59.2 Å². The molecule has 0 radical (unpaired) electrons. The number of amides is 1. The molecule has 1 amide bonds. The van der Waals surface area contributed by atoms with Crippen LogP contribution in [0.15, 0.2) is 42.5 Å². The predicted molar refractivity (Wildman–Crippen MR) is 120 cm³/mol. The molecule has 1 unspecified atom stereocenters. The number of carbonyl (C=O) groups excluding carboxylic acids is 1. The summed E-state index contributed by atoms with van der Waals surface area (Å²) in [5.41, 5.74) is 3.77. The molecule has 0 saturated carbocycles. The number of carbonyl (C=O) groups is 1. The van der Waals surface area contributed by atoms with Crippen molar-refractivity contribution >= 4 is 6.09 Å². The number of piperidine rings is 3. The molecule has 2 aromatic carbocycles. The summed E-state index contributed by atoms with van der Waals surface area (Å²) in [6, 6.07) is 12.4. The van der Waals surface area contributed by atoms with Crippen LogP contribution in [0.3, 0.4) is 0 Å². The van der Waals surface area contributed by atoms with Gasteiger partial charge in [0.15, 0.2) is 0 Å². The minimum atomic E-state index is -2.49. The van der Waals surface area contributed by atoms with Gasteiger partial charge < -0.3 is 10.1 Å². The maximum absolute atomic E-state index is 13.1. The summed E-state index contributed by atoms with van der Waals surface area (Å²) in [5.74, 6) is 0.473. The minimum absolute atomic E-state index is 0.0222. The Morgan fingerprint density at radius 3 is 2.56 bits per heavy atom. The van der Waals surface area contributed by atoms with E-state index in [2.05, 4.69) is 30.1 Å². The molecule has 170 valence electrons. The van der Waals surface area contributed by atoms with E-state index in [0.717, 1.165) is 61.2 Å². The number of hydrogen-bond acceptors (Lipinski definition) is 3. The third-order valence-electron chi connectivity index (χ3n) is 7.47. The van der Waals surface area contributed by atoms with E-state index < -0.39 is 6.43 Å². The Hall–Kier alpha value is -2.47. The van der Waals surface area contributed by atoms with Gasteiger partial charge >= 0.3 is 6.09 Å². The standard InChI is InChI=1S/C26H30F2N2O2/c1-26(2)14-20-13-18(17-4-3-5-19(12-17)24(27)28)6-7-21(20)23(26)29-25(31)32-22-15-30-10-8-16(22)9-11-30/h3-7,12-13,16,22-24H,8-11,14-15H2,1-2H3,(H,29,31)/t22-,23?/m1/s1. The summed E-state index contributed by atoms with van der Waals surface area (Å²) in [6.45, 7) is 7.34. The lowest BCUT2D eigenvalue weighted by Gasteiger charge is -2.44. The zero-order chi connectivity index (χ0) is 22.5. The van der Waals surface area contributed by atoms with Gasteiger partial charge in [-0.15, -0.1) is 0 Å². The largest absolute Gasteiger partial charge is 0.445 e. The quantitative estimate of drug-likeness (QED) is 0.660. The summed E-state index contributed by atoms with van der Waals surface area (Å²) in [4.78, 5) is 15.2. The zero-order valence-electron chi connectivity index (χ0n) is 18.6. The minimum Gasteiger partial charge on any atom is -0.445 e. The van der Waals surface area contributed by atoms with Crippen LogP contribution in [-0.4, -0.2) is 36.7 Å². The number of hydrogen-bond donors (Lipinski definition) is 1. The maximum Gasteiger partial charge on any atom is 0.407 e. The van der Waals surface area contributed by atoms with Crippen molar-refractivity contribution in [2.45, 2.75) is 51.7 Å². The average Bonchev–Trinajstić information content (AvgIpc) is 3.03. The highest BCUT2D eigenvalue weighted by molar-refractivity contribution is 5.70. The van der Waals surface area contributed by atoms with E-state index in [9.17, 15) is 13.6 Å². The van der Waals surface area contributed by atoms with E-state index in [1.54, 1.807) is 12.1 Å². The lowest BCUT2D eigenvalue weighted by molar-refractivity contribution is -0.0348. The van der Waals surface area contributed by atoms with E-state index in [1.807, 2.05) is 18.2 Å². The molecule has 6 heteroatoms. The molecule has 2 atom stereocenters. The van der Waals surface area contributed by atoms with Gasteiger partial charge in [0.05, 0.1) is 6.04 Å². The molecular weight excluding hydrogens is 410 g/mol. The number of halogens is 2. The van der Waals surface area contributed by atoms with Crippen LogP contribution >= 0.6 is 0 Å². The fourth-order valence-corrected chi connectivity index (χ4v) is 5.69. The third kappa shape index (κ3) is 4.01. The van der Waals surface area contributed by atoms with Crippen LogP contribution in [0.2, 0.25) is 0 Å². The summed E-state index contributed by atoms with van der Waals surface area (Å²) in [5, 5.41) is 3.14. The van der Waals surface area contributed by atoms with Crippen LogP contribution in [0.5, 0.6) is 0 Å². The molecule has 6 rings (SSSR count). The molecule has 1 aliphatic carbocycles. The third-order valence-corrected chi connectivity index (χ3v) is 7.47. The van der Waals surface area contributed by atoms with Crippen molar-refractivity contribution < 1.29 is 18.3 Å². The predicted octanol–water partition coefficient (Wildman–Crippen LogP) is 5.74. The Bertz CT molecular complexity index is 1010. The number of alkyl halides is 2. The second-order valence-electron chi connectivity index (χ2n) is 10.2. The zero-order valence-corrected chi connectivity index (χ0v) is 18.6. The molecule has 4 aliphatic rings. The van der Waals surface area contributed by atoms with Crippen LogP contribution in [-0.2, 0) is 11.2 Å². The Kier molecular flexibility index (Phi) is 5.44. The first-order valence-electron chi connectivity index (χ1n) is 11.5. The van der Waals surface area contributed by atoms with E-state index in [1.165, 1.54) is 6.07 Å². The Morgan fingerprint density at radius 1 is 1.12 bits per heavy atom. The van der Waals surface area contributed by atoms with Crippen molar-refractivity contribution in [3.63, 3.8) is 0 Å². The summed E-state index contributed by atoms with van der Waals surface area (Å²) < 4.78 is 32.1. The molecule has 3 heterocycles. The average molecular weight is 441 g/mol. The number of nitrogens with zero attached hydrogens (tertiary/aromatic N) is 1. The fraction of sp³-hybridized carbons (Fsp3) is 0.500. The molecule has 3 saturated heterocycles. The van der Waals surface area contributed by atoms with Crippen LogP contribution in [0.1, 0.15) is 55.8 Å². The molecule has 1 N–H and O–H groups in total. The number of fused-ring (bicyclic) bond motifs is 4. The van der Waals surface area contributed by atoms with Gasteiger partial charge in [-0.3, -0.25) is 4.90 Å². The van der Waals surface area contributed by atoms with Crippen molar-refractivity contribution in [2.75, 3.05) is 19.6 Å². The first-order chi connectivity index (χ1) is 15.3. The van der Waals surface area contributed by atoms with Crippen LogP contribution in [0, 0.1) is 11.3 Å². The van der Waals surface area contributed by atoms with Gasteiger partial charge in [0, 0.05) is 12.1 Å². The number of benzene rings is 2. The summed E-state index contributed by atoms with van der Waals surface area (Å²) in [7, 11) is 0. The Balaban J connectivity index is 1.33. The summed E-state index contributed by atoms with van der Waals surface area (Å²) in [6.07, 6.45) is 0.153. The van der Waals surface area contributed by atoms with Gasteiger partial charge in [0.1, 0.15) is 6.10 Å². The molecular formula is C26H30F2N2O2. The molecule has 2 aromatic rings. The highest BCUT2D eigenvalue weighted by atomic mass is 19.3. The lowest BCUT2D eigenvalue weighted by Crippen LogP contribution is -2.53. The second-order valence-corrected chi connectivity index (χ2v) is 10.2. The molecule has 4 nitrogen and oxygen atoms in total. The monoisotopic (exact) mass is 440 g/mol. The van der Waals surface area contributed by atoms with E-state index in [-0.39, 0.29) is 29.2 Å². The summed E-state index contributed by atoms with van der Waals surface area (Å²) >= 11 is 0. The first-order valence-corrected chi connectivity index (χ1v) is 11.5.